The van der Waals surface area contributed by atoms with E-state index in [0.717, 1.165) is 38.5 Å². The van der Waals surface area contributed by atoms with E-state index in [2.05, 4.69) is 16.9 Å². The summed E-state index contributed by atoms with van der Waals surface area (Å²) < 4.78 is 28.5. The van der Waals surface area contributed by atoms with E-state index in [1.165, 1.54) is 23.1 Å². The number of nitrogens with one attached hydrogen (secondary N) is 1. The van der Waals surface area contributed by atoms with Crippen molar-refractivity contribution >= 4 is 10.0 Å². The van der Waals surface area contributed by atoms with Crippen LogP contribution < -0.4 is 4.72 Å². The third kappa shape index (κ3) is 3.25. The first-order valence-electron chi connectivity index (χ1n) is 9.26. The van der Waals surface area contributed by atoms with E-state index >= 15 is 0 Å². The number of sulfonamides is 1. The topological polar surface area (TPSA) is 46.2 Å². The average molecular weight is 356 g/mol. The van der Waals surface area contributed by atoms with Gasteiger partial charge in [0, 0.05) is 12.0 Å². The highest BCUT2D eigenvalue weighted by Gasteiger charge is 2.39. The number of rotatable bonds is 5. The molecule has 0 radical (unpaired) electrons. The smallest absolute Gasteiger partial charge is 0.210 e. The molecule has 132 valence electrons. The van der Waals surface area contributed by atoms with Gasteiger partial charge >= 0.3 is 0 Å². The van der Waals surface area contributed by atoms with Gasteiger partial charge in [-0.1, -0.05) is 42.8 Å². The van der Waals surface area contributed by atoms with Crippen LogP contribution in [0.1, 0.15) is 48.8 Å². The van der Waals surface area contributed by atoms with Gasteiger partial charge in [-0.3, -0.25) is 0 Å². The Labute approximate surface area is 150 Å². The molecule has 2 aromatic rings. The maximum Gasteiger partial charge on any atom is 0.240 e. The maximum absolute atomic E-state index is 12.8. The van der Waals surface area contributed by atoms with Crippen LogP contribution in [0, 0.1) is 0 Å². The summed E-state index contributed by atoms with van der Waals surface area (Å²) in [6.45, 7) is 0.483. The molecule has 0 aliphatic heterocycles. The summed E-state index contributed by atoms with van der Waals surface area (Å²) in [5.74, 6) is 0. The minimum Gasteiger partial charge on any atom is -0.210 e. The molecule has 4 heteroatoms. The summed E-state index contributed by atoms with van der Waals surface area (Å²) in [5, 5.41) is 0. The first-order chi connectivity index (χ1) is 12.1. The summed E-state index contributed by atoms with van der Waals surface area (Å²) in [6.07, 6.45) is 7.67. The second kappa shape index (κ2) is 6.58. The van der Waals surface area contributed by atoms with Crippen LogP contribution in [0.15, 0.2) is 53.4 Å². The zero-order valence-electron chi connectivity index (χ0n) is 14.5. The SMILES string of the molecule is O=S(=O)(NCC1(c2ccccc2)CCC1)c1ccc2c(c1)CCCC2. The predicted octanol–water partition coefficient (Wildman–Crippen LogP) is 3.97. The standard InChI is InChI=1S/C21H25NO2S/c23-25(24,20-12-11-17-7-4-5-8-18(17)15-20)22-16-21(13-6-14-21)19-9-2-1-3-10-19/h1-3,9-12,15,22H,4-8,13-14,16H2. The van der Waals surface area contributed by atoms with Gasteiger partial charge in [0.15, 0.2) is 0 Å². The van der Waals surface area contributed by atoms with Gasteiger partial charge in [0.05, 0.1) is 4.90 Å². The molecular formula is C21H25NO2S. The summed E-state index contributed by atoms with van der Waals surface area (Å²) in [4.78, 5) is 0.413. The summed E-state index contributed by atoms with van der Waals surface area (Å²) in [5.41, 5.74) is 3.72. The van der Waals surface area contributed by atoms with Gasteiger partial charge in [-0.15, -0.1) is 0 Å². The van der Waals surface area contributed by atoms with Gasteiger partial charge in [0.1, 0.15) is 0 Å². The first-order valence-corrected chi connectivity index (χ1v) is 10.7. The Kier molecular flexibility index (Phi) is 4.42. The number of hydrogen-bond acceptors (Lipinski definition) is 2. The normalized spacial score (nSPS) is 19.0. The quantitative estimate of drug-likeness (QED) is 0.882. The average Bonchev–Trinajstić information content (AvgIpc) is 2.61. The second-order valence-corrected chi connectivity index (χ2v) is 9.23. The molecule has 1 fully saturated rings. The molecule has 25 heavy (non-hydrogen) atoms. The van der Waals surface area contributed by atoms with Crippen LogP contribution in [-0.4, -0.2) is 15.0 Å². The molecule has 2 aliphatic carbocycles. The third-order valence-corrected chi connectivity index (χ3v) is 7.33. The fraction of sp³-hybridized carbons (Fsp3) is 0.429. The van der Waals surface area contributed by atoms with E-state index in [0.29, 0.717) is 11.4 Å². The lowest BCUT2D eigenvalue weighted by Gasteiger charge is -2.42. The molecule has 4 rings (SSSR count). The van der Waals surface area contributed by atoms with Gasteiger partial charge in [-0.2, -0.15) is 0 Å². The summed E-state index contributed by atoms with van der Waals surface area (Å²) in [7, 11) is -3.46. The van der Waals surface area contributed by atoms with Crippen molar-refractivity contribution in [2.75, 3.05) is 6.54 Å². The van der Waals surface area contributed by atoms with Crippen LogP contribution in [0.25, 0.3) is 0 Å². The van der Waals surface area contributed by atoms with Crippen molar-refractivity contribution in [2.24, 2.45) is 0 Å². The molecule has 1 saturated carbocycles. The lowest BCUT2D eigenvalue weighted by Crippen LogP contribution is -2.45. The molecule has 2 aliphatic rings. The van der Waals surface area contributed by atoms with Crippen LogP contribution in [-0.2, 0) is 28.3 Å². The van der Waals surface area contributed by atoms with E-state index in [9.17, 15) is 8.42 Å². The van der Waals surface area contributed by atoms with E-state index in [4.69, 9.17) is 0 Å². The molecule has 0 saturated heterocycles. The Bertz CT molecular complexity index is 855. The Morgan fingerprint density at radius 1 is 0.880 bits per heavy atom. The predicted molar refractivity (Wildman–Crippen MR) is 100 cm³/mol. The van der Waals surface area contributed by atoms with Crippen molar-refractivity contribution < 1.29 is 8.42 Å². The van der Waals surface area contributed by atoms with Crippen molar-refractivity contribution in [2.45, 2.75) is 55.3 Å². The monoisotopic (exact) mass is 355 g/mol. The number of hydrogen-bond donors (Lipinski definition) is 1. The van der Waals surface area contributed by atoms with Crippen LogP contribution in [0.4, 0.5) is 0 Å². The molecule has 1 N–H and O–H groups in total. The molecule has 0 unspecified atom stereocenters. The number of aryl methyl sites for hydroxylation is 2. The van der Waals surface area contributed by atoms with Crippen LogP contribution in [0.2, 0.25) is 0 Å². The van der Waals surface area contributed by atoms with E-state index in [1.807, 2.05) is 30.3 Å². The molecule has 2 aromatic carbocycles. The van der Waals surface area contributed by atoms with Crippen LogP contribution in [0.5, 0.6) is 0 Å². The second-order valence-electron chi connectivity index (χ2n) is 7.46. The highest BCUT2D eigenvalue weighted by Crippen LogP contribution is 2.43. The molecule has 0 aromatic heterocycles. The highest BCUT2D eigenvalue weighted by molar-refractivity contribution is 7.89. The molecule has 0 spiro atoms. The fourth-order valence-electron chi connectivity index (χ4n) is 4.16. The molecular weight excluding hydrogens is 330 g/mol. The van der Waals surface area contributed by atoms with Gasteiger partial charge in [0.2, 0.25) is 10.0 Å². The maximum atomic E-state index is 12.8. The fourth-order valence-corrected chi connectivity index (χ4v) is 5.33. The molecule has 3 nitrogen and oxygen atoms in total. The van der Waals surface area contributed by atoms with Gasteiger partial charge in [-0.25, -0.2) is 13.1 Å². The molecule has 0 amide bonds. The molecule has 0 heterocycles. The van der Waals surface area contributed by atoms with E-state index < -0.39 is 10.0 Å². The lowest BCUT2D eigenvalue weighted by molar-refractivity contribution is 0.245. The number of fused-ring (bicyclic) bond motifs is 1. The zero-order chi connectivity index (χ0) is 17.3. The number of benzene rings is 2. The van der Waals surface area contributed by atoms with Gasteiger partial charge in [0.25, 0.3) is 0 Å². The minimum absolute atomic E-state index is 0.0391. The zero-order valence-corrected chi connectivity index (χ0v) is 15.3. The highest BCUT2D eigenvalue weighted by atomic mass is 32.2. The minimum atomic E-state index is -3.46. The van der Waals surface area contributed by atoms with Crippen molar-refractivity contribution in [1.82, 2.24) is 4.72 Å². The van der Waals surface area contributed by atoms with Crippen molar-refractivity contribution in [3.05, 3.63) is 65.2 Å². The summed E-state index contributed by atoms with van der Waals surface area (Å²) in [6, 6.07) is 16.0. The molecule has 0 atom stereocenters. The van der Waals surface area contributed by atoms with E-state index in [1.54, 1.807) is 6.07 Å². The van der Waals surface area contributed by atoms with Crippen LogP contribution >= 0.6 is 0 Å². The Morgan fingerprint density at radius 3 is 2.28 bits per heavy atom. The summed E-state index contributed by atoms with van der Waals surface area (Å²) >= 11 is 0. The Hall–Kier alpha value is -1.65. The molecule has 0 bridgehead atoms. The first kappa shape index (κ1) is 16.8. The largest absolute Gasteiger partial charge is 0.240 e. The Balaban J connectivity index is 1.54. The van der Waals surface area contributed by atoms with Crippen LogP contribution in [0.3, 0.4) is 0 Å². The van der Waals surface area contributed by atoms with E-state index in [-0.39, 0.29) is 5.41 Å². The van der Waals surface area contributed by atoms with Crippen molar-refractivity contribution in [3.63, 3.8) is 0 Å². The van der Waals surface area contributed by atoms with Gasteiger partial charge in [-0.05, 0) is 67.3 Å². The van der Waals surface area contributed by atoms with Crippen molar-refractivity contribution in [1.29, 1.82) is 0 Å². The third-order valence-electron chi connectivity index (χ3n) is 5.93. The van der Waals surface area contributed by atoms with Gasteiger partial charge < -0.3 is 0 Å². The Morgan fingerprint density at radius 2 is 1.60 bits per heavy atom. The van der Waals surface area contributed by atoms with Crippen molar-refractivity contribution in [3.8, 4) is 0 Å². The lowest BCUT2D eigenvalue weighted by atomic mass is 9.64.